The van der Waals surface area contributed by atoms with Crippen LogP contribution in [0.2, 0.25) is 5.02 Å². The lowest BCUT2D eigenvalue weighted by molar-refractivity contribution is 0.528. The van der Waals surface area contributed by atoms with Crippen LogP contribution in [-0.4, -0.2) is 11.5 Å². The molecule has 0 amide bonds. The zero-order valence-corrected chi connectivity index (χ0v) is 13.8. The monoisotopic (exact) mass is 352 g/mol. The average Bonchev–Trinajstić information content (AvgIpc) is 2.46. The highest BCUT2D eigenvalue weighted by Gasteiger charge is 2.15. The molecule has 2 nitrogen and oxygen atoms in total. The van der Waals surface area contributed by atoms with E-state index in [4.69, 9.17) is 11.6 Å². The molecule has 2 aromatic rings. The molecule has 0 aliphatic carbocycles. The second-order valence-corrected chi connectivity index (χ2v) is 5.96. The molecule has 0 saturated heterocycles. The maximum absolute atomic E-state index is 6.29. The standard InChI is InChI=1S/C16H18BrClN2/c1-2-8-20-16(13-7-9-19-11-15(13)18)10-12-5-3-4-6-14(12)17/h3-7,9,11,16,20H,2,8,10H2,1H3. The highest BCUT2D eigenvalue weighted by Crippen LogP contribution is 2.27. The van der Waals surface area contributed by atoms with E-state index in [1.165, 1.54) is 5.56 Å². The van der Waals surface area contributed by atoms with Gasteiger partial charge in [0.25, 0.3) is 0 Å². The summed E-state index contributed by atoms with van der Waals surface area (Å²) >= 11 is 9.90. The normalized spacial score (nSPS) is 12.3. The SMILES string of the molecule is CCCNC(Cc1ccccc1Br)c1ccncc1Cl. The lowest BCUT2D eigenvalue weighted by atomic mass is 9.99. The number of nitrogens with zero attached hydrogens (tertiary/aromatic N) is 1. The van der Waals surface area contributed by atoms with Crippen molar-refractivity contribution in [3.8, 4) is 0 Å². The smallest absolute Gasteiger partial charge is 0.0637 e. The van der Waals surface area contributed by atoms with E-state index in [1.54, 1.807) is 12.4 Å². The molecule has 1 N–H and O–H groups in total. The Labute approximate surface area is 133 Å². The lowest BCUT2D eigenvalue weighted by Crippen LogP contribution is -2.24. The van der Waals surface area contributed by atoms with Crippen molar-refractivity contribution in [2.75, 3.05) is 6.54 Å². The summed E-state index contributed by atoms with van der Waals surface area (Å²) in [6, 6.07) is 10.5. The predicted molar refractivity (Wildman–Crippen MR) is 88.1 cm³/mol. The predicted octanol–water partition coefficient (Wildman–Crippen LogP) is 4.78. The molecule has 1 aromatic heterocycles. The van der Waals surface area contributed by atoms with E-state index in [9.17, 15) is 0 Å². The van der Waals surface area contributed by atoms with E-state index in [0.29, 0.717) is 5.02 Å². The summed E-state index contributed by atoms with van der Waals surface area (Å²) in [5, 5.41) is 4.29. The molecule has 2 rings (SSSR count). The third-order valence-electron chi connectivity index (χ3n) is 3.20. The minimum Gasteiger partial charge on any atom is -0.310 e. The van der Waals surface area contributed by atoms with E-state index >= 15 is 0 Å². The fraction of sp³-hybridized carbons (Fsp3) is 0.312. The van der Waals surface area contributed by atoms with Crippen LogP contribution in [0.3, 0.4) is 0 Å². The molecule has 0 aliphatic heterocycles. The van der Waals surface area contributed by atoms with Crippen LogP contribution in [0.25, 0.3) is 0 Å². The van der Waals surface area contributed by atoms with Gasteiger partial charge in [0.05, 0.1) is 5.02 Å². The molecule has 0 fully saturated rings. The van der Waals surface area contributed by atoms with Crippen LogP contribution in [0.4, 0.5) is 0 Å². The Bertz CT molecular complexity index is 560. The Hall–Kier alpha value is -0.900. The summed E-state index contributed by atoms with van der Waals surface area (Å²) in [6.45, 7) is 3.13. The second kappa shape index (κ2) is 7.77. The van der Waals surface area contributed by atoms with Crippen molar-refractivity contribution in [2.24, 2.45) is 0 Å². The van der Waals surface area contributed by atoms with Gasteiger partial charge in [-0.2, -0.15) is 0 Å². The minimum absolute atomic E-state index is 0.198. The Kier molecular flexibility index (Phi) is 6.02. The first-order valence-corrected chi connectivity index (χ1v) is 7.95. The van der Waals surface area contributed by atoms with E-state index in [2.05, 4.69) is 51.4 Å². The number of halogens is 2. The summed E-state index contributed by atoms with van der Waals surface area (Å²) in [5.41, 5.74) is 2.37. The second-order valence-electron chi connectivity index (χ2n) is 4.70. The molecular formula is C16H18BrClN2. The van der Waals surface area contributed by atoms with Gasteiger partial charge in [-0.25, -0.2) is 0 Å². The third-order valence-corrected chi connectivity index (χ3v) is 4.29. The number of hydrogen-bond donors (Lipinski definition) is 1. The van der Waals surface area contributed by atoms with Gasteiger partial charge in [-0.3, -0.25) is 4.98 Å². The van der Waals surface area contributed by atoms with Crippen molar-refractivity contribution in [3.05, 3.63) is 63.3 Å². The molecule has 106 valence electrons. The highest BCUT2D eigenvalue weighted by molar-refractivity contribution is 9.10. The van der Waals surface area contributed by atoms with E-state index in [1.807, 2.05) is 12.1 Å². The van der Waals surface area contributed by atoms with Crippen LogP contribution in [0.15, 0.2) is 47.2 Å². The van der Waals surface area contributed by atoms with Crippen molar-refractivity contribution >= 4 is 27.5 Å². The third kappa shape index (κ3) is 4.05. The maximum Gasteiger partial charge on any atom is 0.0637 e. The Morgan fingerprint density at radius 2 is 2.10 bits per heavy atom. The fourth-order valence-electron chi connectivity index (χ4n) is 2.16. The Morgan fingerprint density at radius 3 is 2.80 bits per heavy atom. The summed E-state index contributed by atoms with van der Waals surface area (Å²) in [4.78, 5) is 4.06. The zero-order chi connectivity index (χ0) is 14.4. The molecule has 0 saturated carbocycles. The van der Waals surface area contributed by atoms with Crippen LogP contribution in [-0.2, 0) is 6.42 Å². The molecule has 4 heteroatoms. The molecule has 0 aliphatic rings. The minimum atomic E-state index is 0.198. The summed E-state index contributed by atoms with van der Waals surface area (Å²) < 4.78 is 1.13. The van der Waals surface area contributed by atoms with Crippen molar-refractivity contribution in [1.82, 2.24) is 10.3 Å². The van der Waals surface area contributed by atoms with Crippen molar-refractivity contribution in [2.45, 2.75) is 25.8 Å². The maximum atomic E-state index is 6.29. The van der Waals surface area contributed by atoms with Crippen LogP contribution in [0.5, 0.6) is 0 Å². The van der Waals surface area contributed by atoms with E-state index in [-0.39, 0.29) is 6.04 Å². The van der Waals surface area contributed by atoms with Gasteiger partial charge in [0, 0.05) is 22.9 Å². The van der Waals surface area contributed by atoms with Gasteiger partial charge >= 0.3 is 0 Å². The van der Waals surface area contributed by atoms with Crippen molar-refractivity contribution in [3.63, 3.8) is 0 Å². The van der Waals surface area contributed by atoms with Crippen LogP contribution >= 0.6 is 27.5 Å². The molecular weight excluding hydrogens is 336 g/mol. The molecule has 20 heavy (non-hydrogen) atoms. The van der Waals surface area contributed by atoms with Gasteiger partial charge in [0.15, 0.2) is 0 Å². The average molecular weight is 354 g/mol. The topological polar surface area (TPSA) is 24.9 Å². The number of pyridine rings is 1. The number of nitrogens with one attached hydrogen (secondary N) is 1. The van der Waals surface area contributed by atoms with E-state index < -0.39 is 0 Å². The van der Waals surface area contributed by atoms with Gasteiger partial charge in [0.2, 0.25) is 0 Å². The van der Waals surface area contributed by atoms with Crippen molar-refractivity contribution < 1.29 is 0 Å². The molecule has 0 spiro atoms. The summed E-state index contributed by atoms with van der Waals surface area (Å²) in [7, 11) is 0. The van der Waals surface area contributed by atoms with Gasteiger partial charge in [0.1, 0.15) is 0 Å². The number of rotatable bonds is 6. The first kappa shape index (κ1) is 15.5. The fourth-order valence-corrected chi connectivity index (χ4v) is 2.86. The largest absolute Gasteiger partial charge is 0.310 e. The van der Waals surface area contributed by atoms with Crippen molar-refractivity contribution in [1.29, 1.82) is 0 Å². The summed E-state index contributed by atoms with van der Waals surface area (Å²) in [6.07, 6.45) is 5.49. The zero-order valence-electron chi connectivity index (χ0n) is 11.4. The number of aromatic nitrogens is 1. The molecule has 0 radical (unpaired) electrons. The van der Waals surface area contributed by atoms with Gasteiger partial charge in [-0.05, 0) is 42.6 Å². The van der Waals surface area contributed by atoms with E-state index in [0.717, 1.165) is 29.4 Å². The first-order chi connectivity index (χ1) is 9.72. The van der Waals surface area contributed by atoms with Gasteiger partial charge in [-0.1, -0.05) is 52.7 Å². The molecule has 1 heterocycles. The first-order valence-electron chi connectivity index (χ1n) is 6.78. The Morgan fingerprint density at radius 1 is 1.30 bits per heavy atom. The Balaban J connectivity index is 2.24. The van der Waals surface area contributed by atoms with Crippen LogP contribution in [0.1, 0.15) is 30.5 Å². The molecule has 0 bridgehead atoms. The number of hydrogen-bond acceptors (Lipinski definition) is 2. The van der Waals surface area contributed by atoms with Gasteiger partial charge in [-0.15, -0.1) is 0 Å². The molecule has 1 unspecified atom stereocenters. The lowest BCUT2D eigenvalue weighted by Gasteiger charge is -2.20. The van der Waals surface area contributed by atoms with Crippen LogP contribution in [0, 0.1) is 0 Å². The highest BCUT2D eigenvalue weighted by atomic mass is 79.9. The molecule has 1 atom stereocenters. The number of benzene rings is 1. The summed E-state index contributed by atoms with van der Waals surface area (Å²) in [5.74, 6) is 0. The quantitative estimate of drug-likeness (QED) is 0.808. The van der Waals surface area contributed by atoms with Crippen LogP contribution < -0.4 is 5.32 Å². The molecule has 1 aromatic carbocycles. The van der Waals surface area contributed by atoms with Gasteiger partial charge < -0.3 is 5.32 Å².